The Kier molecular flexibility index (Phi) is 6.55. The molecular weight excluding hydrogens is 447 g/mol. The molecular formula is C21H18Cl2N2O4S. The number of hydrogen-bond donors (Lipinski definition) is 1. The molecule has 0 fully saturated rings. The highest BCUT2D eigenvalue weighted by Crippen LogP contribution is 2.30. The minimum Gasteiger partial charge on any atom is -0.495 e. The Balaban J connectivity index is 1.94. The average molecular weight is 465 g/mol. The van der Waals surface area contributed by atoms with Crippen LogP contribution in [-0.2, 0) is 10.0 Å². The van der Waals surface area contributed by atoms with Crippen molar-refractivity contribution in [3.05, 3.63) is 82.3 Å². The summed E-state index contributed by atoms with van der Waals surface area (Å²) in [5, 5.41) is 3.20. The average Bonchev–Trinajstić information content (AvgIpc) is 2.74. The van der Waals surface area contributed by atoms with E-state index in [-0.39, 0.29) is 15.5 Å². The molecule has 3 rings (SSSR count). The van der Waals surface area contributed by atoms with Crippen LogP contribution in [0.2, 0.25) is 10.0 Å². The van der Waals surface area contributed by atoms with E-state index in [4.69, 9.17) is 27.9 Å². The number of sulfonamides is 1. The summed E-state index contributed by atoms with van der Waals surface area (Å²) in [5.74, 6) is -0.0168. The van der Waals surface area contributed by atoms with E-state index < -0.39 is 15.9 Å². The van der Waals surface area contributed by atoms with E-state index in [0.29, 0.717) is 22.1 Å². The Hall–Kier alpha value is -2.74. The molecule has 0 unspecified atom stereocenters. The molecule has 0 aliphatic rings. The molecule has 0 atom stereocenters. The molecule has 30 heavy (non-hydrogen) atoms. The van der Waals surface area contributed by atoms with Crippen LogP contribution in [0.5, 0.6) is 5.75 Å². The van der Waals surface area contributed by atoms with E-state index >= 15 is 0 Å². The summed E-state index contributed by atoms with van der Waals surface area (Å²) in [6, 6.07) is 17.3. The normalized spacial score (nSPS) is 11.1. The predicted octanol–water partition coefficient (Wildman–Crippen LogP) is 5.08. The minimum absolute atomic E-state index is 0.00431. The van der Waals surface area contributed by atoms with Gasteiger partial charge in [0.15, 0.2) is 0 Å². The summed E-state index contributed by atoms with van der Waals surface area (Å²) in [7, 11) is -1.13. The number of anilines is 2. The van der Waals surface area contributed by atoms with Crippen molar-refractivity contribution in [3.8, 4) is 5.75 Å². The monoisotopic (exact) mass is 464 g/mol. The third kappa shape index (κ3) is 4.53. The van der Waals surface area contributed by atoms with Crippen molar-refractivity contribution in [1.82, 2.24) is 0 Å². The van der Waals surface area contributed by atoms with E-state index in [9.17, 15) is 13.2 Å². The fourth-order valence-corrected chi connectivity index (χ4v) is 4.54. The first kappa shape index (κ1) is 22.0. The largest absolute Gasteiger partial charge is 0.495 e. The molecule has 0 bridgehead atoms. The summed E-state index contributed by atoms with van der Waals surface area (Å²) in [6.45, 7) is 0. The van der Waals surface area contributed by atoms with Crippen molar-refractivity contribution in [2.45, 2.75) is 4.90 Å². The molecule has 0 radical (unpaired) electrons. The molecule has 3 aromatic rings. The van der Waals surface area contributed by atoms with E-state index in [1.54, 1.807) is 48.5 Å². The molecule has 0 aliphatic heterocycles. The predicted molar refractivity (Wildman–Crippen MR) is 119 cm³/mol. The molecule has 156 valence electrons. The Labute approximate surface area is 185 Å². The molecule has 0 saturated carbocycles. The van der Waals surface area contributed by atoms with Gasteiger partial charge >= 0.3 is 0 Å². The van der Waals surface area contributed by atoms with Crippen LogP contribution < -0.4 is 14.4 Å². The molecule has 1 N–H and O–H groups in total. The van der Waals surface area contributed by atoms with Crippen molar-refractivity contribution in [1.29, 1.82) is 0 Å². The highest BCUT2D eigenvalue weighted by atomic mass is 35.5. The molecule has 0 aromatic heterocycles. The van der Waals surface area contributed by atoms with Crippen LogP contribution in [0.4, 0.5) is 11.4 Å². The van der Waals surface area contributed by atoms with Crippen LogP contribution >= 0.6 is 23.2 Å². The second-order valence-corrected chi connectivity index (χ2v) is 9.03. The molecule has 0 spiro atoms. The lowest BCUT2D eigenvalue weighted by atomic mass is 10.2. The quantitative estimate of drug-likeness (QED) is 0.551. The fourth-order valence-electron chi connectivity index (χ4n) is 2.72. The summed E-state index contributed by atoms with van der Waals surface area (Å²) in [5.41, 5.74) is 0.996. The first-order valence-electron chi connectivity index (χ1n) is 8.72. The Bertz CT molecular complexity index is 1180. The minimum atomic E-state index is -4.02. The van der Waals surface area contributed by atoms with Crippen LogP contribution in [-0.4, -0.2) is 28.5 Å². The summed E-state index contributed by atoms with van der Waals surface area (Å²) in [4.78, 5) is 12.5. The van der Waals surface area contributed by atoms with Crippen molar-refractivity contribution in [3.63, 3.8) is 0 Å². The number of carbonyl (C=O) groups is 1. The number of nitrogens with zero attached hydrogens (tertiary/aromatic N) is 1. The van der Waals surface area contributed by atoms with E-state index in [0.717, 1.165) is 4.31 Å². The summed E-state index contributed by atoms with van der Waals surface area (Å²) < 4.78 is 32.6. The first-order valence-corrected chi connectivity index (χ1v) is 10.9. The number of rotatable bonds is 6. The van der Waals surface area contributed by atoms with Gasteiger partial charge in [0.25, 0.3) is 15.9 Å². The Morgan fingerprint density at radius 1 is 1.00 bits per heavy atom. The molecule has 0 heterocycles. The number of nitrogens with one attached hydrogen (secondary N) is 1. The highest BCUT2D eigenvalue weighted by Gasteiger charge is 2.25. The van der Waals surface area contributed by atoms with E-state index in [1.165, 1.54) is 32.4 Å². The molecule has 0 saturated heterocycles. The van der Waals surface area contributed by atoms with Gasteiger partial charge in [-0.1, -0.05) is 35.3 Å². The lowest BCUT2D eigenvalue weighted by molar-refractivity contribution is 0.102. The van der Waals surface area contributed by atoms with E-state index in [1.807, 2.05) is 0 Å². The second kappa shape index (κ2) is 8.95. The Morgan fingerprint density at radius 2 is 1.67 bits per heavy atom. The van der Waals surface area contributed by atoms with Gasteiger partial charge in [-0.2, -0.15) is 0 Å². The maximum atomic E-state index is 13.1. The van der Waals surface area contributed by atoms with Crippen LogP contribution in [0.15, 0.2) is 71.6 Å². The van der Waals surface area contributed by atoms with Gasteiger partial charge in [0, 0.05) is 17.6 Å². The lowest BCUT2D eigenvalue weighted by Gasteiger charge is -2.20. The standard InChI is InChI=1S/C21H18Cl2N2O4S/c1-25(16-10-8-15(22)9-11-16)30(27,28)20-13-14(7-12-17(20)23)21(26)24-18-5-3-4-6-19(18)29-2/h3-13H,1-2H3,(H,24,26). The number of halogens is 2. The Morgan fingerprint density at radius 3 is 2.33 bits per heavy atom. The zero-order chi connectivity index (χ0) is 21.9. The molecule has 9 heteroatoms. The summed E-state index contributed by atoms with van der Waals surface area (Å²) in [6.07, 6.45) is 0. The van der Waals surface area contributed by atoms with Gasteiger partial charge in [-0.15, -0.1) is 0 Å². The number of ether oxygens (including phenoxy) is 1. The number of hydrogen-bond acceptors (Lipinski definition) is 4. The zero-order valence-corrected chi connectivity index (χ0v) is 18.4. The molecule has 0 aliphatic carbocycles. The van der Waals surface area contributed by atoms with Gasteiger partial charge in [-0.3, -0.25) is 9.10 Å². The lowest BCUT2D eigenvalue weighted by Crippen LogP contribution is -2.27. The van der Waals surface area contributed by atoms with Gasteiger partial charge in [0.2, 0.25) is 0 Å². The van der Waals surface area contributed by atoms with Crippen molar-refractivity contribution in [2.24, 2.45) is 0 Å². The first-order chi connectivity index (χ1) is 14.2. The van der Waals surface area contributed by atoms with Crippen LogP contribution in [0.1, 0.15) is 10.4 Å². The summed E-state index contributed by atoms with van der Waals surface area (Å²) >= 11 is 12.0. The van der Waals surface area contributed by atoms with Crippen LogP contribution in [0.3, 0.4) is 0 Å². The van der Waals surface area contributed by atoms with Crippen LogP contribution in [0, 0.1) is 0 Å². The van der Waals surface area contributed by atoms with Crippen molar-refractivity contribution in [2.75, 3.05) is 23.8 Å². The molecule has 1 amide bonds. The number of methoxy groups -OCH3 is 1. The van der Waals surface area contributed by atoms with Gasteiger partial charge in [0.05, 0.1) is 23.5 Å². The molecule has 6 nitrogen and oxygen atoms in total. The van der Waals surface area contributed by atoms with Gasteiger partial charge in [-0.05, 0) is 54.6 Å². The number of carbonyl (C=O) groups excluding carboxylic acids is 1. The molecule has 3 aromatic carbocycles. The fraction of sp³-hybridized carbons (Fsp3) is 0.0952. The number of benzene rings is 3. The zero-order valence-electron chi connectivity index (χ0n) is 16.1. The topological polar surface area (TPSA) is 75.7 Å². The smallest absolute Gasteiger partial charge is 0.265 e. The van der Waals surface area contributed by atoms with Gasteiger partial charge in [0.1, 0.15) is 10.6 Å². The van der Waals surface area contributed by atoms with E-state index in [2.05, 4.69) is 5.32 Å². The highest BCUT2D eigenvalue weighted by molar-refractivity contribution is 7.93. The second-order valence-electron chi connectivity index (χ2n) is 6.25. The van der Waals surface area contributed by atoms with Crippen molar-refractivity contribution >= 4 is 50.5 Å². The van der Waals surface area contributed by atoms with Crippen molar-refractivity contribution < 1.29 is 17.9 Å². The number of para-hydroxylation sites is 2. The SMILES string of the molecule is COc1ccccc1NC(=O)c1ccc(Cl)c(S(=O)(=O)N(C)c2ccc(Cl)cc2)c1. The maximum Gasteiger partial charge on any atom is 0.265 e. The maximum absolute atomic E-state index is 13.1. The third-order valence-corrected chi connectivity index (χ3v) is 6.90. The van der Waals surface area contributed by atoms with Crippen LogP contribution in [0.25, 0.3) is 0 Å². The number of amides is 1. The van der Waals surface area contributed by atoms with Gasteiger partial charge < -0.3 is 10.1 Å². The van der Waals surface area contributed by atoms with Gasteiger partial charge in [-0.25, -0.2) is 8.42 Å². The third-order valence-electron chi connectivity index (χ3n) is 4.38.